The Morgan fingerprint density at radius 2 is 1.76 bits per heavy atom. The molecule has 2 amide bonds. The van der Waals surface area contributed by atoms with Gasteiger partial charge in [0.2, 0.25) is 5.01 Å². The van der Waals surface area contributed by atoms with Crippen LogP contribution in [-0.2, 0) is 13.0 Å². The number of hydrogen-bond acceptors (Lipinski definition) is 5. The summed E-state index contributed by atoms with van der Waals surface area (Å²) in [4.78, 5) is 24.5. The average Bonchev–Trinajstić information content (AvgIpc) is 3.15. The minimum Gasteiger partial charge on any atom is -0.348 e. The molecule has 0 radical (unpaired) electrons. The fourth-order valence-corrected chi connectivity index (χ4v) is 3.53. The van der Waals surface area contributed by atoms with E-state index in [1.54, 1.807) is 42.5 Å². The summed E-state index contributed by atoms with van der Waals surface area (Å²) in [5.74, 6) is -0.585. The predicted octanol–water partition coefficient (Wildman–Crippen LogP) is 4.06. The summed E-state index contributed by atoms with van der Waals surface area (Å²) in [5, 5.41) is 14.5. The van der Waals surface area contributed by atoms with Gasteiger partial charge in [0.25, 0.3) is 11.8 Å². The van der Waals surface area contributed by atoms with Crippen LogP contribution >= 0.6 is 11.3 Å². The third kappa shape index (κ3) is 5.68. The van der Waals surface area contributed by atoms with Crippen molar-refractivity contribution in [2.45, 2.75) is 26.8 Å². The van der Waals surface area contributed by atoms with E-state index >= 15 is 0 Å². The lowest BCUT2D eigenvalue weighted by molar-refractivity contribution is 0.0950. The second-order valence-corrected chi connectivity index (χ2v) is 7.97. The van der Waals surface area contributed by atoms with Gasteiger partial charge in [-0.2, -0.15) is 0 Å². The molecular formula is C21H21FN4O2S. The minimum absolute atomic E-state index is 0.0970. The van der Waals surface area contributed by atoms with Crippen molar-refractivity contribution in [3.8, 4) is 0 Å². The van der Waals surface area contributed by atoms with E-state index in [0.717, 1.165) is 11.4 Å². The van der Waals surface area contributed by atoms with Crippen LogP contribution in [0.15, 0.2) is 48.5 Å². The van der Waals surface area contributed by atoms with Gasteiger partial charge in [0.15, 0.2) is 0 Å². The van der Waals surface area contributed by atoms with Crippen LogP contribution in [0.4, 0.5) is 10.1 Å². The first-order valence-corrected chi connectivity index (χ1v) is 9.99. The number of halogens is 1. The van der Waals surface area contributed by atoms with Crippen LogP contribution in [0.5, 0.6) is 0 Å². The smallest absolute Gasteiger partial charge is 0.286 e. The SMILES string of the molecule is CC(C)Cc1nnc(C(=O)Nc2ccc(C(=O)NCc3ccccc3F)cc2)s1. The maximum atomic E-state index is 13.6. The van der Waals surface area contributed by atoms with Crippen molar-refractivity contribution < 1.29 is 14.0 Å². The van der Waals surface area contributed by atoms with Crippen LogP contribution in [0.3, 0.4) is 0 Å². The van der Waals surface area contributed by atoms with Crippen molar-refractivity contribution in [1.29, 1.82) is 0 Å². The van der Waals surface area contributed by atoms with Gasteiger partial charge >= 0.3 is 0 Å². The summed E-state index contributed by atoms with van der Waals surface area (Å²) < 4.78 is 13.6. The van der Waals surface area contributed by atoms with Crippen molar-refractivity contribution >= 4 is 28.8 Å². The number of nitrogens with one attached hydrogen (secondary N) is 2. The molecule has 0 fully saturated rings. The first kappa shape index (κ1) is 20.6. The van der Waals surface area contributed by atoms with Crippen molar-refractivity contribution in [3.63, 3.8) is 0 Å². The van der Waals surface area contributed by atoms with E-state index in [4.69, 9.17) is 0 Å². The third-order valence-corrected chi connectivity index (χ3v) is 4.99. The number of rotatable bonds is 7. The third-order valence-electron chi connectivity index (χ3n) is 4.05. The molecule has 150 valence electrons. The quantitative estimate of drug-likeness (QED) is 0.613. The fourth-order valence-electron chi connectivity index (χ4n) is 2.59. The highest BCUT2D eigenvalue weighted by Gasteiger charge is 2.14. The molecule has 0 aliphatic carbocycles. The Morgan fingerprint density at radius 3 is 2.45 bits per heavy atom. The normalized spacial score (nSPS) is 10.8. The molecule has 2 N–H and O–H groups in total. The number of carbonyl (C=O) groups excluding carboxylic acids is 2. The number of aromatic nitrogens is 2. The monoisotopic (exact) mass is 412 g/mol. The van der Waals surface area contributed by atoms with Gasteiger partial charge < -0.3 is 10.6 Å². The first-order valence-electron chi connectivity index (χ1n) is 9.18. The lowest BCUT2D eigenvalue weighted by Crippen LogP contribution is -2.23. The maximum Gasteiger partial charge on any atom is 0.286 e. The molecule has 0 saturated heterocycles. The molecule has 0 saturated carbocycles. The van der Waals surface area contributed by atoms with Crippen LogP contribution < -0.4 is 10.6 Å². The molecule has 2 aromatic carbocycles. The molecule has 1 aromatic heterocycles. The van der Waals surface area contributed by atoms with Crippen LogP contribution in [0.1, 0.15) is 44.6 Å². The fraction of sp³-hybridized carbons (Fsp3) is 0.238. The molecule has 3 rings (SSSR count). The van der Waals surface area contributed by atoms with Gasteiger partial charge in [0.1, 0.15) is 10.8 Å². The Morgan fingerprint density at radius 1 is 1.03 bits per heavy atom. The van der Waals surface area contributed by atoms with Gasteiger partial charge in [0, 0.05) is 29.8 Å². The largest absolute Gasteiger partial charge is 0.348 e. The number of amides is 2. The lowest BCUT2D eigenvalue weighted by Gasteiger charge is -2.07. The lowest BCUT2D eigenvalue weighted by atomic mass is 10.1. The average molecular weight is 412 g/mol. The number of nitrogens with zero attached hydrogens (tertiary/aromatic N) is 2. The van der Waals surface area contributed by atoms with E-state index in [1.165, 1.54) is 17.4 Å². The number of hydrogen-bond donors (Lipinski definition) is 2. The molecule has 6 nitrogen and oxygen atoms in total. The van der Waals surface area contributed by atoms with E-state index in [2.05, 4.69) is 34.7 Å². The Labute approximate surface area is 172 Å². The van der Waals surface area contributed by atoms with E-state index in [0.29, 0.717) is 27.7 Å². The van der Waals surface area contributed by atoms with Gasteiger partial charge in [0.05, 0.1) is 0 Å². The minimum atomic E-state index is -0.362. The van der Waals surface area contributed by atoms with Crippen molar-refractivity contribution in [3.05, 3.63) is 75.5 Å². The maximum absolute atomic E-state index is 13.6. The number of carbonyl (C=O) groups is 2. The van der Waals surface area contributed by atoms with Crippen molar-refractivity contribution in [1.82, 2.24) is 15.5 Å². The highest BCUT2D eigenvalue weighted by Crippen LogP contribution is 2.17. The van der Waals surface area contributed by atoms with E-state index < -0.39 is 0 Å². The standard InChI is InChI=1S/C21H21FN4O2S/c1-13(2)11-18-25-26-21(29-18)20(28)24-16-9-7-14(8-10-16)19(27)23-12-15-5-3-4-6-17(15)22/h3-10,13H,11-12H2,1-2H3,(H,23,27)(H,24,28). The molecule has 29 heavy (non-hydrogen) atoms. The molecule has 0 aliphatic heterocycles. The topological polar surface area (TPSA) is 84.0 Å². The van der Waals surface area contributed by atoms with E-state index in [-0.39, 0.29) is 24.2 Å². The van der Waals surface area contributed by atoms with Gasteiger partial charge in [-0.15, -0.1) is 10.2 Å². The predicted molar refractivity (Wildman–Crippen MR) is 110 cm³/mol. The Balaban J connectivity index is 1.56. The van der Waals surface area contributed by atoms with Crippen LogP contribution in [0, 0.1) is 11.7 Å². The molecule has 1 heterocycles. The molecular weight excluding hydrogens is 391 g/mol. The molecule has 0 atom stereocenters. The molecule has 0 bridgehead atoms. The number of anilines is 1. The highest BCUT2D eigenvalue weighted by atomic mass is 32.1. The Kier molecular flexibility index (Phi) is 6.66. The van der Waals surface area contributed by atoms with Gasteiger partial charge in [-0.05, 0) is 36.2 Å². The van der Waals surface area contributed by atoms with E-state index in [9.17, 15) is 14.0 Å². The molecule has 0 aliphatic rings. The molecule has 3 aromatic rings. The molecule has 0 spiro atoms. The summed E-state index contributed by atoms with van der Waals surface area (Å²) in [6.07, 6.45) is 0.779. The Bertz CT molecular complexity index is 1000. The summed E-state index contributed by atoms with van der Waals surface area (Å²) in [7, 11) is 0. The second kappa shape index (κ2) is 9.38. The summed E-state index contributed by atoms with van der Waals surface area (Å²) in [6.45, 7) is 4.25. The van der Waals surface area contributed by atoms with Crippen LogP contribution in [0.2, 0.25) is 0 Å². The first-order chi connectivity index (χ1) is 13.9. The molecule has 8 heteroatoms. The van der Waals surface area contributed by atoms with Crippen LogP contribution in [0.25, 0.3) is 0 Å². The van der Waals surface area contributed by atoms with Gasteiger partial charge in [-0.3, -0.25) is 9.59 Å². The summed E-state index contributed by atoms with van der Waals surface area (Å²) in [6, 6.07) is 12.7. The highest BCUT2D eigenvalue weighted by molar-refractivity contribution is 7.13. The van der Waals surface area contributed by atoms with Crippen molar-refractivity contribution in [2.75, 3.05) is 5.32 Å². The summed E-state index contributed by atoms with van der Waals surface area (Å²) in [5.41, 5.74) is 1.37. The second-order valence-electron chi connectivity index (χ2n) is 6.90. The van der Waals surface area contributed by atoms with Crippen molar-refractivity contribution in [2.24, 2.45) is 5.92 Å². The zero-order valence-electron chi connectivity index (χ0n) is 16.1. The number of benzene rings is 2. The van der Waals surface area contributed by atoms with Crippen LogP contribution in [-0.4, -0.2) is 22.0 Å². The zero-order valence-corrected chi connectivity index (χ0v) is 16.9. The van der Waals surface area contributed by atoms with Gasteiger partial charge in [-0.25, -0.2) is 4.39 Å². The zero-order chi connectivity index (χ0) is 20.8. The van der Waals surface area contributed by atoms with Gasteiger partial charge in [-0.1, -0.05) is 43.4 Å². The van der Waals surface area contributed by atoms with E-state index in [1.807, 2.05) is 0 Å². The molecule has 0 unspecified atom stereocenters. The Hall–Kier alpha value is -3.13. The summed E-state index contributed by atoms with van der Waals surface area (Å²) >= 11 is 1.27.